The summed E-state index contributed by atoms with van der Waals surface area (Å²) in [5.41, 5.74) is 0.133. The molecule has 0 radical (unpaired) electrons. The van der Waals surface area contributed by atoms with E-state index < -0.39 is 11.5 Å². The van der Waals surface area contributed by atoms with Crippen molar-refractivity contribution in [1.29, 1.82) is 0 Å². The van der Waals surface area contributed by atoms with Crippen LogP contribution in [0, 0.1) is 0 Å². The predicted octanol–water partition coefficient (Wildman–Crippen LogP) is 2.87. The number of benzene rings is 1. The monoisotopic (exact) mass is 269 g/mol. The van der Waals surface area contributed by atoms with Crippen molar-refractivity contribution in [2.75, 3.05) is 5.32 Å². The van der Waals surface area contributed by atoms with E-state index in [-0.39, 0.29) is 0 Å². The van der Waals surface area contributed by atoms with Gasteiger partial charge in [0, 0.05) is 10.2 Å². The van der Waals surface area contributed by atoms with E-state index in [1.807, 2.05) is 24.3 Å². The van der Waals surface area contributed by atoms with Crippen LogP contribution in [0.1, 0.15) is 19.3 Å². The third kappa shape index (κ3) is 2.00. The average molecular weight is 270 g/mol. The molecule has 0 heterocycles. The maximum absolute atomic E-state index is 11.1. The average Bonchev–Trinajstić information content (AvgIpc) is 2.13. The number of halogens is 1. The van der Waals surface area contributed by atoms with E-state index in [0.29, 0.717) is 12.8 Å². The minimum Gasteiger partial charge on any atom is -0.480 e. The highest BCUT2D eigenvalue weighted by Gasteiger charge is 2.44. The van der Waals surface area contributed by atoms with Crippen molar-refractivity contribution in [2.45, 2.75) is 24.8 Å². The Morgan fingerprint density at radius 2 is 1.93 bits per heavy atom. The number of nitrogens with one attached hydrogen (secondary N) is 1. The van der Waals surface area contributed by atoms with E-state index in [1.54, 1.807) is 0 Å². The molecule has 0 spiro atoms. The normalized spacial score (nSPS) is 17.9. The molecular weight excluding hydrogens is 258 g/mol. The molecule has 0 atom stereocenters. The zero-order valence-corrected chi connectivity index (χ0v) is 9.75. The molecule has 0 saturated heterocycles. The highest BCUT2D eigenvalue weighted by atomic mass is 79.9. The molecule has 15 heavy (non-hydrogen) atoms. The highest BCUT2D eigenvalue weighted by molar-refractivity contribution is 9.10. The molecule has 2 rings (SSSR count). The zero-order chi connectivity index (χ0) is 10.9. The Kier molecular flexibility index (Phi) is 2.69. The lowest BCUT2D eigenvalue weighted by molar-refractivity contribution is -0.145. The first kappa shape index (κ1) is 10.5. The quantitative estimate of drug-likeness (QED) is 0.887. The standard InChI is InChI=1S/C11H12BrNO2/c12-8-2-4-9(5-3-8)13-11(10(14)15)6-1-7-11/h2-5,13H,1,6-7H2,(H,14,15). The zero-order valence-electron chi connectivity index (χ0n) is 8.16. The van der Waals surface area contributed by atoms with Crippen molar-refractivity contribution in [3.05, 3.63) is 28.7 Å². The molecule has 0 unspecified atom stereocenters. The largest absolute Gasteiger partial charge is 0.480 e. The van der Waals surface area contributed by atoms with E-state index in [0.717, 1.165) is 16.6 Å². The first-order valence-electron chi connectivity index (χ1n) is 4.90. The van der Waals surface area contributed by atoms with E-state index >= 15 is 0 Å². The van der Waals surface area contributed by atoms with Crippen LogP contribution in [0.15, 0.2) is 28.7 Å². The van der Waals surface area contributed by atoms with Crippen LogP contribution < -0.4 is 5.32 Å². The van der Waals surface area contributed by atoms with E-state index in [9.17, 15) is 4.79 Å². The van der Waals surface area contributed by atoms with Crippen molar-refractivity contribution >= 4 is 27.6 Å². The van der Waals surface area contributed by atoms with Crippen LogP contribution >= 0.6 is 15.9 Å². The van der Waals surface area contributed by atoms with Crippen molar-refractivity contribution in [3.8, 4) is 0 Å². The summed E-state index contributed by atoms with van der Waals surface area (Å²) in [6.07, 6.45) is 2.40. The lowest BCUT2D eigenvalue weighted by Crippen LogP contribution is -2.52. The van der Waals surface area contributed by atoms with Gasteiger partial charge in [-0.15, -0.1) is 0 Å². The van der Waals surface area contributed by atoms with Gasteiger partial charge in [-0.2, -0.15) is 0 Å². The molecule has 0 amide bonds. The van der Waals surface area contributed by atoms with Gasteiger partial charge in [0.1, 0.15) is 5.54 Å². The SMILES string of the molecule is O=C(O)C1(Nc2ccc(Br)cc2)CCC1. The van der Waals surface area contributed by atoms with E-state index in [1.165, 1.54) is 0 Å². The maximum atomic E-state index is 11.1. The summed E-state index contributed by atoms with van der Waals surface area (Å²) in [7, 11) is 0. The number of aliphatic carboxylic acids is 1. The molecule has 4 heteroatoms. The van der Waals surface area contributed by atoms with Gasteiger partial charge in [-0.3, -0.25) is 0 Å². The minimum atomic E-state index is -0.753. The predicted molar refractivity (Wildman–Crippen MR) is 62.0 cm³/mol. The smallest absolute Gasteiger partial charge is 0.329 e. The van der Waals surface area contributed by atoms with Gasteiger partial charge in [-0.1, -0.05) is 15.9 Å². The Bertz CT molecular complexity index is 371. The number of carboxylic acids is 1. The second kappa shape index (κ2) is 3.85. The molecule has 0 bridgehead atoms. The summed E-state index contributed by atoms with van der Waals surface area (Å²) in [4.78, 5) is 11.1. The Morgan fingerprint density at radius 1 is 1.33 bits per heavy atom. The van der Waals surface area contributed by atoms with Crippen LogP contribution in [0.3, 0.4) is 0 Å². The van der Waals surface area contributed by atoms with Gasteiger partial charge >= 0.3 is 5.97 Å². The Hall–Kier alpha value is -1.03. The molecule has 2 N–H and O–H groups in total. The van der Waals surface area contributed by atoms with Crippen LogP contribution in [-0.2, 0) is 4.79 Å². The molecule has 1 aliphatic rings. The van der Waals surface area contributed by atoms with Gasteiger partial charge in [-0.05, 0) is 43.5 Å². The van der Waals surface area contributed by atoms with Crippen molar-refractivity contribution in [1.82, 2.24) is 0 Å². The van der Waals surface area contributed by atoms with Gasteiger partial charge in [0.05, 0.1) is 0 Å². The summed E-state index contributed by atoms with van der Waals surface area (Å²) in [5.74, 6) is -0.753. The van der Waals surface area contributed by atoms with Crippen LogP contribution in [0.4, 0.5) is 5.69 Å². The summed E-state index contributed by atoms with van der Waals surface area (Å²) in [5, 5.41) is 12.2. The molecule has 1 aromatic rings. The summed E-state index contributed by atoms with van der Waals surface area (Å²) < 4.78 is 0.992. The molecule has 0 aromatic heterocycles. The molecule has 1 saturated carbocycles. The summed E-state index contributed by atoms with van der Waals surface area (Å²) in [6, 6.07) is 7.56. The topological polar surface area (TPSA) is 49.3 Å². The molecule has 1 aliphatic carbocycles. The number of rotatable bonds is 3. The van der Waals surface area contributed by atoms with Gasteiger partial charge in [0.2, 0.25) is 0 Å². The number of hydrogen-bond acceptors (Lipinski definition) is 2. The van der Waals surface area contributed by atoms with E-state index in [2.05, 4.69) is 21.2 Å². The second-order valence-electron chi connectivity index (χ2n) is 3.87. The van der Waals surface area contributed by atoms with E-state index in [4.69, 9.17) is 5.11 Å². The number of carbonyl (C=O) groups is 1. The van der Waals surface area contributed by atoms with Crippen LogP contribution in [-0.4, -0.2) is 16.6 Å². The molecule has 1 aromatic carbocycles. The molecule has 0 aliphatic heterocycles. The minimum absolute atomic E-state index is 0.707. The molecule has 3 nitrogen and oxygen atoms in total. The fraction of sp³-hybridized carbons (Fsp3) is 0.364. The molecule has 1 fully saturated rings. The fourth-order valence-corrected chi connectivity index (χ4v) is 2.00. The second-order valence-corrected chi connectivity index (χ2v) is 4.79. The Balaban J connectivity index is 2.13. The molecular formula is C11H12BrNO2. The lowest BCUT2D eigenvalue weighted by Gasteiger charge is -2.39. The van der Waals surface area contributed by atoms with Crippen molar-refractivity contribution < 1.29 is 9.90 Å². The number of anilines is 1. The first-order chi connectivity index (χ1) is 7.12. The van der Waals surface area contributed by atoms with Gasteiger partial charge < -0.3 is 10.4 Å². The Morgan fingerprint density at radius 3 is 2.33 bits per heavy atom. The molecule has 80 valence electrons. The van der Waals surface area contributed by atoms with Crippen LogP contribution in [0.25, 0.3) is 0 Å². The first-order valence-corrected chi connectivity index (χ1v) is 5.69. The van der Waals surface area contributed by atoms with Gasteiger partial charge in [-0.25, -0.2) is 4.79 Å². The maximum Gasteiger partial charge on any atom is 0.329 e. The van der Waals surface area contributed by atoms with Crippen LogP contribution in [0.5, 0.6) is 0 Å². The highest BCUT2D eigenvalue weighted by Crippen LogP contribution is 2.35. The lowest BCUT2D eigenvalue weighted by atomic mass is 9.76. The van der Waals surface area contributed by atoms with Gasteiger partial charge in [0.15, 0.2) is 0 Å². The van der Waals surface area contributed by atoms with Crippen LogP contribution in [0.2, 0.25) is 0 Å². The number of hydrogen-bond donors (Lipinski definition) is 2. The Labute approximate surface area is 96.6 Å². The fourth-order valence-electron chi connectivity index (χ4n) is 1.73. The third-order valence-corrected chi connectivity index (χ3v) is 3.37. The summed E-state index contributed by atoms with van der Waals surface area (Å²) >= 11 is 3.34. The number of carboxylic acid groups (broad SMARTS) is 1. The third-order valence-electron chi connectivity index (χ3n) is 2.84. The summed E-state index contributed by atoms with van der Waals surface area (Å²) in [6.45, 7) is 0. The van der Waals surface area contributed by atoms with Gasteiger partial charge in [0.25, 0.3) is 0 Å². The van der Waals surface area contributed by atoms with Crippen molar-refractivity contribution in [3.63, 3.8) is 0 Å². The van der Waals surface area contributed by atoms with Crippen molar-refractivity contribution in [2.24, 2.45) is 0 Å².